The van der Waals surface area contributed by atoms with E-state index in [1.165, 1.54) is 17.3 Å². The lowest BCUT2D eigenvalue weighted by molar-refractivity contribution is 0.0696. The first kappa shape index (κ1) is 20.0. The molecule has 2 heterocycles. The zero-order valence-corrected chi connectivity index (χ0v) is 17.6. The quantitative estimate of drug-likeness (QED) is 0.415. The van der Waals surface area contributed by atoms with Gasteiger partial charge in [0.2, 0.25) is 11.0 Å². The Hall–Kier alpha value is -3.91. The summed E-state index contributed by atoms with van der Waals surface area (Å²) in [6, 6.07) is 24.4. The fraction of sp³-hybridized carbons (Fsp3) is 0.0833. The average Bonchev–Trinajstić information content (AvgIpc) is 3.00. The van der Waals surface area contributed by atoms with Crippen LogP contribution in [0.1, 0.15) is 27.7 Å². The highest BCUT2D eigenvalue weighted by atomic mass is 32.2. The first-order chi connectivity index (χ1) is 15.7. The maximum Gasteiger partial charge on any atom is 0.335 e. The Balaban J connectivity index is 1.48. The van der Waals surface area contributed by atoms with Crippen LogP contribution in [0.25, 0.3) is 11.3 Å². The second-order valence-electron chi connectivity index (χ2n) is 7.14. The molecule has 0 saturated carbocycles. The Bertz CT molecular complexity index is 1270. The molecule has 1 aliphatic rings. The Morgan fingerprint density at radius 1 is 0.969 bits per heavy atom. The number of anilines is 1. The lowest BCUT2D eigenvalue weighted by Crippen LogP contribution is -2.17. The third-order valence-corrected chi connectivity index (χ3v) is 5.91. The van der Waals surface area contributed by atoms with Crippen molar-refractivity contribution >= 4 is 23.4 Å². The zero-order chi connectivity index (χ0) is 21.9. The summed E-state index contributed by atoms with van der Waals surface area (Å²) in [5, 5.41) is 21.8. The second kappa shape index (κ2) is 8.68. The van der Waals surface area contributed by atoms with Gasteiger partial charge in [0.05, 0.1) is 5.56 Å². The van der Waals surface area contributed by atoms with Crippen LogP contribution >= 0.6 is 11.8 Å². The number of thioether (sulfide) groups is 1. The molecule has 0 amide bonds. The van der Waals surface area contributed by atoms with Gasteiger partial charge in [-0.05, 0) is 23.8 Å². The van der Waals surface area contributed by atoms with E-state index in [2.05, 4.69) is 32.6 Å². The molecule has 0 radical (unpaired) electrons. The van der Waals surface area contributed by atoms with Gasteiger partial charge in [0.25, 0.3) is 0 Å². The molecule has 0 bridgehead atoms. The average molecular weight is 443 g/mol. The summed E-state index contributed by atoms with van der Waals surface area (Å²) in [7, 11) is 0. The van der Waals surface area contributed by atoms with Gasteiger partial charge in [-0.25, -0.2) is 4.79 Å². The molecule has 7 nitrogen and oxygen atoms in total. The number of ether oxygens (including phenoxy) is 1. The predicted octanol–water partition coefficient (Wildman–Crippen LogP) is 5.03. The molecule has 4 aromatic rings. The van der Waals surface area contributed by atoms with E-state index >= 15 is 0 Å². The summed E-state index contributed by atoms with van der Waals surface area (Å²) in [5.74, 6) is 0.121. The Kier molecular flexibility index (Phi) is 5.43. The van der Waals surface area contributed by atoms with Gasteiger partial charge >= 0.3 is 5.97 Å². The summed E-state index contributed by atoms with van der Waals surface area (Å²) in [4.78, 5) is 15.8. The number of nitrogens with zero attached hydrogens (tertiary/aromatic N) is 3. The molecule has 32 heavy (non-hydrogen) atoms. The molecule has 8 heteroatoms. The van der Waals surface area contributed by atoms with E-state index < -0.39 is 12.2 Å². The molecule has 0 fully saturated rings. The summed E-state index contributed by atoms with van der Waals surface area (Å²) < 4.78 is 6.23. The van der Waals surface area contributed by atoms with Crippen molar-refractivity contribution in [2.24, 2.45) is 0 Å². The molecule has 1 unspecified atom stereocenters. The van der Waals surface area contributed by atoms with Gasteiger partial charge in [-0.1, -0.05) is 72.4 Å². The number of nitrogens with one attached hydrogen (secondary N) is 1. The Morgan fingerprint density at radius 3 is 2.50 bits per heavy atom. The topological polar surface area (TPSA) is 97.2 Å². The molecule has 0 aliphatic carbocycles. The highest BCUT2D eigenvalue weighted by Crippen LogP contribution is 2.39. The third-order valence-electron chi connectivity index (χ3n) is 5.00. The number of carboxylic acid groups (broad SMARTS) is 1. The minimum atomic E-state index is -0.973. The maximum atomic E-state index is 11.2. The number of para-hydroxylation sites is 1. The molecule has 5 rings (SSSR count). The van der Waals surface area contributed by atoms with Crippen molar-refractivity contribution in [2.45, 2.75) is 17.1 Å². The van der Waals surface area contributed by atoms with Crippen LogP contribution < -0.4 is 10.1 Å². The van der Waals surface area contributed by atoms with Gasteiger partial charge < -0.3 is 15.2 Å². The Labute approximate surface area is 188 Å². The molecular formula is C24H18N4O3S. The summed E-state index contributed by atoms with van der Waals surface area (Å²) in [6.07, 6.45) is -0.566. The summed E-state index contributed by atoms with van der Waals surface area (Å²) in [6.45, 7) is 0. The van der Waals surface area contributed by atoms with E-state index in [1.54, 1.807) is 24.3 Å². The van der Waals surface area contributed by atoms with Crippen molar-refractivity contribution in [3.05, 3.63) is 95.6 Å². The molecule has 0 spiro atoms. The lowest BCUT2D eigenvalue weighted by Gasteiger charge is -2.19. The highest BCUT2D eigenvalue weighted by molar-refractivity contribution is 7.98. The van der Waals surface area contributed by atoms with Crippen molar-refractivity contribution in [1.82, 2.24) is 15.2 Å². The van der Waals surface area contributed by atoms with E-state index in [1.807, 2.05) is 42.5 Å². The molecule has 0 saturated heterocycles. The minimum absolute atomic E-state index is 0.215. The number of benzene rings is 3. The summed E-state index contributed by atoms with van der Waals surface area (Å²) >= 11 is 1.49. The summed E-state index contributed by atoms with van der Waals surface area (Å²) in [5.41, 5.74) is 4.38. The highest BCUT2D eigenvalue weighted by Gasteiger charge is 2.26. The molecule has 3 aromatic carbocycles. The van der Waals surface area contributed by atoms with Gasteiger partial charge in [-0.2, -0.15) is 4.98 Å². The van der Waals surface area contributed by atoms with Crippen molar-refractivity contribution < 1.29 is 14.6 Å². The molecule has 158 valence electrons. The minimum Gasteiger partial charge on any atom is -0.478 e. The number of aromatic carboxylic acids is 1. The van der Waals surface area contributed by atoms with Gasteiger partial charge in [-0.15, -0.1) is 10.2 Å². The van der Waals surface area contributed by atoms with Gasteiger partial charge in [0.15, 0.2) is 11.9 Å². The normalized spacial score (nSPS) is 14.3. The van der Waals surface area contributed by atoms with Crippen molar-refractivity contribution in [3.63, 3.8) is 0 Å². The van der Waals surface area contributed by atoms with Gasteiger partial charge in [0.1, 0.15) is 0 Å². The van der Waals surface area contributed by atoms with Crippen LogP contribution in [0.15, 0.2) is 84.0 Å². The van der Waals surface area contributed by atoms with Crippen LogP contribution in [0.4, 0.5) is 5.69 Å². The van der Waals surface area contributed by atoms with Crippen molar-refractivity contribution in [2.75, 3.05) is 5.32 Å². The molecular weight excluding hydrogens is 424 g/mol. The van der Waals surface area contributed by atoms with E-state index in [4.69, 9.17) is 4.74 Å². The van der Waals surface area contributed by atoms with E-state index in [0.717, 1.165) is 22.6 Å². The maximum absolute atomic E-state index is 11.2. The smallest absolute Gasteiger partial charge is 0.335 e. The van der Waals surface area contributed by atoms with Crippen LogP contribution in [-0.2, 0) is 5.75 Å². The van der Waals surface area contributed by atoms with Crippen molar-refractivity contribution in [1.29, 1.82) is 0 Å². The second-order valence-corrected chi connectivity index (χ2v) is 8.08. The number of hydrogen-bond donors (Lipinski definition) is 2. The third kappa shape index (κ3) is 4.13. The SMILES string of the molecule is O=C(O)c1ccc(C2Nc3ccccc3-c3nnc(SCc4ccccc4)nc3O2)cc1. The molecule has 1 atom stereocenters. The van der Waals surface area contributed by atoms with E-state index in [-0.39, 0.29) is 5.56 Å². The number of hydrogen-bond acceptors (Lipinski definition) is 7. The van der Waals surface area contributed by atoms with Gasteiger partial charge in [0, 0.05) is 22.6 Å². The number of carbonyl (C=O) groups is 1. The monoisotopic (exact) mass is 442 g/mol. The van der Waals surface area contributed by atoms with Gasteiger partial charge in [-0.3, -0.25) is 0 Å². The first-order valence-electron chi connectivity index (χ1n) is 9.95. The van der Waals surface area contributed by atoms with E-state index in [0.29, 0.717) is 16.7 Å². The molecule has 1 aromatic heterocycles. The molecule has 1 aliphatic heterocycles. The Morgan fingerprint density at radius 2 is 1.72 bits per heavy atom. The fourth-order valence-corrected chi connectivity index (χ4v) is 4.12. The predicted molar refractivity (Wildman–Crippen MR) is 122 cm³/mol. The van der Waals surface area contributed by atoms with Crippen LogP contribution in [0.5, 0.6) is 5.88 Å². The van der Waals surface area contributed by atoms with Crippen LogP contribution in [-0.4, -0.2) is 26.3 Å². The lowest BCUT2D eigenvalue weighted by atomic mass is 10.1. The zero-order valence-electron chi connectivity index (χ0n) is 16.8. The number of carboxylic acids is 1. The van der Waals surface area contributed by atoms with Crippen LogP contribution in [0.3, 0.4) is 0 Å². The molecule has 2 N–H and O–H groups in total. The van der Waals surface area contributed by atoms with Crippen LogP contribution in [0, 0.1) is 0 Å². The van der Waals surface area contributed by atoms with E-state index in [9.17, 15) is 9.90 Å². The largest absolute Gasteiger partial charge is 0.478 e. The number of fused-ring (bicyclic) bond motifs is 3. The fourth-order valence-electron chi connectivity index (χ4n) is 3.38. The number of aromatic nitrogens is 3. The first-order valence-corrected chi connectivity index (χ1v) is 10.9. The number of rotatable bonds is 5. The van der Waals surface area contributed by atoms with Crippen LogP contribution in [0.2, 0.25) is 0 Å². The van der Waals surface area contributed by atoms with Crippen molar-refractivity contribution in [3.8, 4) is 17.1 Å². The standard InChI is InChI=1S/C24H18N4O3S/c29-23(30)17-12-10-16(11-13-17)21-25-19-9-5-4-8-18(19)20-22(31-21)26-24(28-27-20)32-14-15-6-2-1-3-7-15/h1-13,21,25H,14H2,(H,29,30).